The highest BCUT2D eigenvalue weighted by Gasteiger charge is 2.06. The fourth-order valence-corrected chi connectivity index (χ4v) is 1.42. The van der Waals surface area contributed by atoms with Gasteiger partial charge in [0.15, 0.2) is 0 Å². The van der Waals surface area contributed by atoms with Crippen LogP contribution in [0.5, 0.6) is 0 Å². The molecule has 0 fully saturated rings. The zero-order chi connectivity index (χ0) is 11.6. The number of halogens is 2. The molecule has 0 spiro atoms. The second-order valence-electron chi connectivity index (χ2n) is 3.78. The molecule has 0 aliphatic rings. The van der Waals surface area contributed by atoms with E-state index in [4.69, 9.17) is 4.74 Å². The van der Waals surface area contributed by atoms with Crippen molar-refractivity contribution in [3.8, 4) is 0 Å². The van der Waals surface area contributed by atoms with Gasteiger partial charge in [-0.25, -0.2) is 4.39 Å². The van der Waals surface area contributed by atoms with Crippen LogP contribution in [0.2, 0.25) is 0 Å². The quantitative estimate of drug-likeness (QED) is 0.617. The maximum Gasteiger partial charge on any atom is 0.123 e. The van der Waals surface area contributed by atoms with Crippen LogP contribution in [0.3, 0.4) is 0 Å². The Labute approximate surface area is 95.4 Å². The molecular weight excluding hydrogens is 210 g/mol. The van der Waals surface area contributed by atoms with Crippen LogP contribution in [-0.2, 0) is 11.3 Å². The number of hydrogen-bond acceptors (Lipinski definition) is 1. The fraction of sp³-hybridized carbons (Fsp3) is 0.538. The lowest BCUT2D eigenvalue weighted by Gasteiger charge is -2.08. The molecule has 0 aliphatic heterocycles. The van der Waals surface area contributed by atoms with Crippen molar-refractivity contribution in [1.29, 1.82) is 0 Å². The highest BCUT2D eigenvalue weighted by Crippen LogP contribution is 2.07. The van der Waals surface area contributed by atoms with Crippen LogP contribution in [0.4, 0.5) is 8.78 Å². The van der Waals surface area contributed by atoms with Gasteiger partial charge in [-0.15, -0.1) is 0 Å². The molecule has 0 radical (unpaired) electrons. The molecule has 16 heavy (non-hydrogen) atoms. The normalized spacial score (nSPS) is 12.6. The van der Waals surface area contributed by atoms with Crippen LogP contribution in [0.25, 0.3) is 0 Å². The molecule has 0 bridgehead atoms. The zero-order valence-electron chi connectivity index (χ0n) is 9.37. The third-order valence-electron chi connectivity index (χ3n) is 2.31. The van der Waals surface area contributed by atoms with Crippen LogP contribution in [0.1, 0.15) is 24.8 Å². The molecule has 1 rings (SSSR count). The van der Waals surface area contributed by atoms with E-state index in [0.29, 0.717) is 25.9 Å². The van der Waals surface area contributed by atoms with E-state index in [1.165, 1.54) is 0 Å². The number of unbranched alkanes of at least 4 members (excludes halogenated alkanes) is 1. The lowest BCUT2D eigenvalue weighted by Crippen LogP contribution is -2.10. The molecule has 1 aromatic rings. The van der Waals surface area contributed by atoms with Gasteiger partial charge in [0.2, 0.25) is 0 Å². The van der Waals surface area contributed by atoms with E-state index in [2.05, 4.69) is 0 Å². The minimum absolute atomic E-state index is 0.0984. The molecule has 0 saturated carbocycles. The Hall–Kier alpha value is -0.960. The van der Waals surface area contributed by atoms with Crippen molar-refractivity contribution < 1.29 is 13.5 Å². The maximum atomic E-state index is 13.2. The van der Waals surface area contributed by atoms with Crippen molar-refractivity contribution >= 4 is 0 Å². The Morgan fingerprint density at radius 1 is 1.12 bits per heavy atom. The van der Waals surface area contributed by atoms with Crippen LogP contribution < -0.4 is 0 Å². The zero-order valence-corrected chi connectivity index (χ0v) is 9.37. The summed E-state index contributed by atoms with van der Waals surface area (Å²) in [7, 11) is 0. The summed E-state index contributed by atoms with van der Waals surface area (Å²) in [4.78, 5) is 0. The van der Waals surface area contributed by atoms with E-state index >= 15 is 0 Å². The van der Waals surface area contributed by atoms with E-state index in [1.54, 1.807) is 0 Å². The van der Waals surface area contributed by atoms with E-state index in [0.717, 1.165) is 5.56 Å². The van der Waals surface area contributed by atoms with Crippen LogP contribution in [-0.4, -0.2) is 19.5 Å². The first-order chi connectivity index (χ1) is 7.83. The van der Waals surface area contributed by atoms with E-state index in [9.17, 15) is 8.78 Å². The van der Waals surface area contributed by atoms with Crippen molar-refractivity contribution in [2.24, 2.45) is 0 Å². The van der Waals surface area contributed by atoms with Crippen molar-refractivity contribution in [1.82, 2.24) is 0 Å². The lowest BCUT2D eigenvalue weighted by molar-refractivity contribution is 0.0653. The molecule has 0 N–H and O–H groups in total. The van der Waals surface area contributed by atoms with Gasteiger partial charge in [0, 0.05) is 0 Å². The molecule has 0 heterocycles. The SMILES string of the molecule is FCCCCC(F)COCc1ccccc1. The number of benzene rings is 1. The Bertz CT molecular complexity index is 264. The van der Waals surface area contributed by atoms with E-state index < -0.39 is 6.17 Å². The Balaban J connectivity index is 2.06. The molecule has 1 nitrogen and oxygen atoms in total. The summed E-state index contributed by atoms with van der Waals surface area (Å²) in [5, 5.41) is 0. The van der Waals surface area contributed by atoms with Gasteiger partial charge < -0.3 is 4.74 Å². The number of alkyl halides is 2. The van der Waals surface area contributed by atoms with Crippen LogP contribution in [0, 0.1) is 0 Å². The topological polar surface area (TPSA) is 9.23 Å². The predicted molar refractivity (Wildman–Crippen MR) is 60.8 cm³/mol. The van der Waals surface area contributed by atoms with Crippen molar-refractivity contribution in [2.75, 3.05) is 13.3 Å². The molecule has 3 heteroatoms. The van der Waals surface area contributed by atoms with Gasteiger partial charge >= 0.3 is 0 Å². The summed E-state index contributed by atoms with van der Waals surface area (Å²) in [6, 6.07) is 9.66. The third-order valence-corrected chi connectivity index (χ3v) is 2.31. The van der Waals surface area contributed by atoms with Gasteiger partial charge in [0.1, 0.15) is 6.17 Å². The average molecular weight is 228 g/mol. The second-order valence-corrected chi connectivity index (χ2v) is 3.78. The highest BCUT2D eigenvalue weighted by atomic mass is 19.1. The Kier molecular flexibility index (Phi) is 6.74. The fourth-order valence-electron chi connectivity index (χ4n) is 1.42. The van der Waals surface area contributed by atoms with E-state index in [-0.39, 0.29) is 13.3 Å². The second kappa shape index (κ2) is 8.22. The molecule has 0 aromatic heterocycles. The summed E-state index contributed by atoms with van der Waals surface area (Å²) >= 11 is 0. The molecule has 1 atom stereocenters. The Morgan fingerprint density at radius 2 is 1.88 bits per heavy atom. The summed E-state index contributed by atoms with van der Waals surface area (Å²) in [5.74, 6) is 0. The van der Waals surface area contributed by atoms with Gasteiger partial charge in [0.05, 0.1) is 19.9 Å². The largest absolute Gasteiger partial charge is 0.374 e. The monoisotopic (exact) mass is 228 g/mol. The lowest BCUT2D eigenvalue weighted by atomic mass is 10.2. The van der Waals surface area contributed by atoms with Gasteiger partial charge in [0.25, 0.3) is 0 Å². The summed E-state index contributed by atoms with van der Waals surface area (Å²) < 4.78 is 30.2. The smallest absolute Gasteiger partial charge is 0.123 e. The van der Waals surface area contributed by atoms with Gasteiger partial charge in [-0.3, -0.25) is 4.39 Å². The summed E-state index contributed by atoms with van der Waals surface area (Å²) in [6.45, 7) is 0.170. The minimum atomic E-state index is -0.977. The van der Waals surface area contributed by atoms with Crippen molar-refractivity contribution in [3.05, 3.63) is 35.9 Å². The first kappa shape index (κ1) is 13.1. The number of hydrogen-bond donors (Lipinski definition) is 0. The first-order valence-corrected chi connectivity index (χ1v) is 5.64. The van der Waals surface area contributed by atoms with Crippen LogP contribution >= 0.6 is 0 Å². The number of ether oxygens (including phenoxy) is 1. The predicted octanol–water partition coefficient (Wildman–Crippen LogP) is 3.68. The molecule has 0 amide bonds. The van der Waals surface area contributed by atoms with Crippen molar-refractivity contribution in [2.45, 2.75) is 32.0 Å². The van der Waals surface area contributed by atoms with Gasteiger partial charge in [-0.2, -0.15) is 0 Å². The van der Waals surface area contributed by atoms with E-state index in [1.807, 2.05) is 30.3 Å². The Morgan fingerprint density at radius 3 is 2.56 bits per heavy atom. The molecular formula is C13H18F2O. The summed E-state index contributed by atoms with van der Waals surface area (Å²) in [6.07, 6.45) is 0.444. The maximum absolute atomic E-state index is 13.2. The first-order valence-electron chi connectivity index (χ1n) is 5.64. The third kappa shape index (κ3) is 5.81. The standard InChI is InChI=1S/C13H18F2O/c14-9-5-4-8-13(15)11-16-10-12-6-2-1-3-7-12/h1-3,6-7,13H,4-5,8-11H2. The van der Waals surface area contributed by atoms with Crippen LogP contribution in [0.15, 0.2) is 30.3 Å². The van der Waals surface area contributed by atoms with Gasteiger partial charge in [-0.1, -0.05) is 30.3 Å². The van der Waals surface area contributed by atoms with Crippen molar-refractivity contribution in [3.63, 3.8) is 0 Å². The number of rotatable bonds is 8. The summed E-state index contributed by atoms with van der Waals surface area (Å²) in [5.41, 5.74) is 1.04. The van der Waals surface area contributed by atoms with Gasteiger partial charge in [-0.05, 0) is 24.8 Å². The molecule has 1 unspecified atom stereocenters. The molecule has 0 saturated heterocycles. The molecule has 90 valence electrons. The molecule has 1 aromatic carbocycles. The highest BCUT2D eigenvalue weighted by molar-refractivity contribution is 5.13. The average Bonchev–Trinajstić information content (AvgIpc) is 2.31. The minimum Gasteiger partial charge on any atom is -0.374 e. The molecule has 0 aliphatic carbocycles.